The van der Waals surface area contributed by atoms with Gasteiger partial charge >= 0.3 is 0 Å². The smallest absolute Gasteiger partial charge is 0.236 e. The van der Waals surface area contributed by atoms with Crippen LogP contribution < -0.4 is 5.73 Å². The second-order valence-corrected chi connectivity index (χ2v) is 4.75. The van der Waals surface area contributed by atoms with Crippen LogP contribution in [0.15, 0.2) is 0 Å². The molecule has 4 nitrogen and oxygen atoms in total. The molecule has 1 amide bonds. The van der Waals surface area contributed by atoms with E-state index in [9.17, 15) is 4.79 Å². The van der Waals surface area contributed by atoms with E-state index in [1.165, 1.54) is 12.8 Å². The van der Waals surface area contributed by atoms with Crippen molar-refractivity contribution in [2.75, 3.05) is 26.7 Å². The fourth-order valence-corrected chi connectivity index (χ4v) is 1.95. The zero-order chi connectivity index (χ0) is 12.1. The molecule has 94 valence electrons. The molecule has 0 aromatic heterocycles. The van der Waals surface area contributed by atoms with Gasteiger partial charge in [-0.3, -0.25) is 9.69 Å². The van der Waals surface area contributed by atoms with E-state index in [2.05, 4.69) is 18.7 Å². The molecule has 0 heterocycles. The zero-order valence-corrected chi connectivity index (χ0v) is 10.8. The Morgan fingerprint density at radius 3 is 2.56 bits per heavy atom. The Bertz CT molecular complexity index is 228. The lowest BCUT2D eigenvalue weighted by Gasteiger charge is -2.27. The Balaban J connectivity index is 2.36. The van der Waals surface area contributed by atoms with Gasteiger partial charge in [0.25, 0.3) is 0 Å². The van der Waals surface area contributed by atoms with Crippen molar-refractivity contribution < 1.29 is 4.79 Å². The maximum atomic E-state index is 12.0. The van der Waals surface area contributed by atoms with Gasteiger partial charge in [0.15, 0.2) is 0 Å². The monoisotopic (exact) mass is 227 g/mol. The molecule has 1 unspecified atom stereocenters. The molecule has 1 saturated carbocycles. The normalized spacial score (nSPS) is 17.6. The molecule has 0 radical (unpaired) electrons. The summed E-state index contributed by atoms with van der Waals surface area (Å²) in [6, 6.07) is 0.905. The lowest BCUT2D eigenvalue weighted by atomic mass is 10.2. The van der Waals surface area contributed by atoms with Gasteiger partial charge in [0, 0.05) is 18.6 Å². The lowest BCUT2D eigenvalue weighted by Crippen LogP contribution is -2.43. The molecule has 1 aliphatic rings. The highest BCUT2D eigenvalue weighted by molar-refractivity contribution is 5.78. The molecule has 1 rings (SSSR count). The molecule has 1 aliphatic carbocycles. The molecule has 0 aromatic carbocycles. The third-order valence-corrected chi connectivity index (χ3v) is 3.37. The summed E-state index contributed by atoms with van der Waals surface area (Å²) >= 11 is 0. The van der Waals surface area contributed by atoms with Gasteiger partial charge in [-0.2, -0.15) is 0 Å². The molecule has 4 heteroatoms. The van der Waals surface area contributed by atoms with E-state index in [1.807, 2.05) is 11.9 Å². The van der Waals surface area contributed by atoms with Crippen molar-refractivity contribution in [2.45, 2.75) is 45.2 Å². The van der Waals surface area contributed by atoms with Crippen LogP contribution >= 0.6 is 0 Å². The van der Waals surface area contributed by atoms with E-state index in [0.717, 1.165) is 13.0 Å². The van der Waals surface area contributed by atoms with Crippen LogP contribution in [-0.4, -0.2) is 54.5 Å². The highest BCUT2D eigenvalue weighted by Gasteiger charge is 2.31. The fourth-order valence-electron chi connectivity index (χ4n) is 1.95. The molecule has 0 spiro atoms. The third kappa shape index (κ3) is 3.76. The molecule has 0 bridgehead atoms. The van der Waals surface area contributed by atoms with Crippen LogP contribution in [-0.2, 0) is 4.79 Å². The van der Waals surface area contributed by atoms with E-state index < -0.39 is 0 Å². The number of hydrogen-bond acceptors (Lipinski definition) is 3. The van der Waals surface area contributed by atoms with Crippen LogP contribution in [0.4, 0.5) is 0 Å². The van der Waals surface area contributed by atoms with Gasteiger partial charge in [-0.15, -0.1) is 0 Å². The molecule has 1 fully saturated rings. The first-order chi connectivity index (χ1) is 7.60. The van der Waals surface area contributed by atoms with Crippen molar-refractivity contribution in [2.24, 2.45) is 5.73 Å². The first-order valence-electron chi connectivity index (χ1n) is 6.29. The van der Waals surface area contributed by atoms with E-state index in [0.29, 0.717) is 25.2 Å². The van der Waals surface area contributed by atoms with Crippen LogP contribution in [0, 0.1) is 0 Å². The van der Waals surface area contributed by atoms with Gasteiger partial charge in [0.05, 0.1) is 6.54 Å². The molecule has 2 N–H and O–H groups in total. The Kier molecular flexibility index (Phi) is 5.22. The standard InChI is InChI=1S/C12H25N3O/c1-4-15(11-5-6-11)12(16)9-14(3)10(2)7-8-13/h10-11H,4-9,13H2,1-3H3. The van der Waals surface area contributed by atoms with Gasteiger partial charge in [-0.05, 0) is 46.7 Å². The maximum absolute atomic E-state index is 12.0. The van der Waals surface area contributed by atoms with E-state index in [-0.39, 0.29) is 5.91 Å². The topological polar surface area (TPSA) is 49.6 Å². The molecular weight excluding hydrogens is 202 g/mol. The van der Waals surface area contributed by atoms with Gasteiger partial charge in [0.1, 0.15) is 0 Å². The third-order valence-electron chi connectivity index (χ3n) is 3.37. The maximum Gasteiger partial charge on any atom is 0.236 e. The zero-order valence-electron chi connectivity index (χ0n) is 10.8. The van der Waals surface area contributed by atoms with Crippen LogP contribution in [0.3, 0.4) is 0 Å². The van der Waals surface area contributed by atoms with Crippen molar-refractivity contribution in [3.05, 3.63) is 0 Å². The highest BCUT2D eigenvalue weighted by atomic mass is 16.2. The minimum atomic E-state index is 0.261. The van der Waals surface area contributed by atoms with Crippen LogP contribution in [0.5, 0.6) is 0 Å². The van der Waals surface area contributed by atoms with E-state index >= 15 is 0 Å². The van der Waals surface area contributed by atoms with E-state index in [4.69, 9.17) is 5.73 Å². The van der Waals surface area contributed by atoms with Crippen molar-refractivity contribution in [3.8, 4) is 0 Å². The van der Waals surface area contributed by atoms with Crippen molar-refractivity contribution >= 4 is 5.91 Å². The number of likely N-dealkylation sites (N-methyl/N-ethyl adjacent to an activating group) is 2. The lowest BCUT2D eigenvalue weighted by molar-refractivity contribution is -0.132. The summed E-state index contributed by atoms with van der Waals surface area (Å²) in [5, 5.41) is 0. The number of amides is 1. The number of hydrogen-bond donors (Lipinski definition) is 1. The molecule has 0 aromatic rings. The number of carbonyl (C=O) groups excluding carboxylic acids is 1. The van der Waals surface area contributed by atoms with Gasteiger partial charge in [0.2, 0.25) is 5.91 Å². The minimum Gasteiger partial charge on any atom is -0.339 e. The summed E-state index contributed by atoms with van der Waals surface area (Å²) in [7, 11) is 2.00. The largest absolute Gasteiger partial charge is 0.339 e. The summed E-state index contributed by atoms with van der Waals surface area (Å²) in [4.78, 5) is 16.1. The Hall–Kier alpha value is -0.610. The second kappa shape index (κ2) is 6.21. The minimum absolute atomic E-state index is 0.261. The predicted molar refractivity (Wildman–Crippen MR) is 66.2 cm³/mol. The summed E-state index contributed by atoms with van der Waals surface area (Å²) in [6.07, 6.45) is 3.31. The molecule has 16 heavy (non-hydrogen) atoms. The predicted octanol–water partition coefficient (Wildman–Crippen LogP) is 0.666. The first kappa shape index (κ1) is 13.5. The molecule has 0 saturated heterocycles. The van der Waals surface area contributed by atoms with Crippen LogP contribution in [0.2, 0.25) is 0 Å². The van der Waals surface area contributed by atoms with Crippen LogP contribution in [0.1, 0.15) is 33.1 Å². The number of nitrogens with zero attached hydrogens (tertiary/aromatic N) is 2. The Morgan fingerprint density at radius 2 is 2.12 bits per heavy atom. The summed E-state index contributed by atoms with van der Waals surface area (Å²) in [6.45, 7) is 6.21. The van der Waals surface area contributed by atoms with E-state index in [1.54, 1.807) is 0 Å². The fraction of sp³-hybridized carbons (Fsp3) is 0.917. The first-order valence-corrected chi connectivity index (χ1v) is 6.29. The Morgan fingerprint density at radius 1 is 1.50 bits per heavy atom. The molecular formula is C12H25N3O. The quantitative estimate of drug-likeness (QED) is 0.695. The SMILES string of the molecule is CCN(C(=O)CN(C)C(C)CCN)C1CC1. The molecule has 0 aliphatic heterocycles. The second-order valence-electron chi connectivity index (χ2n) is 4.75. The van der Waals surface area contributed by atoms with Crippen LogP contribution in [0.25, 0.3) is 0 Å². The van der Waals surface area contributed by atoms with Gasteiger partial charge in [-0.1, -0.05) is 0 Å². The van der Waals surface area contributed by atoms with Gasteiger partial charge in [-0.25, -0.2) is 0 Å². The van der Waals surface area contributed by atoms with Gasteiger partial charge < -0.3 is 10.6 Å². The number of carbonyl (C=O) groups is 1. The van der Waals surface area contributed by atoms with Crippen molar-refractivity contribution in [3.63, 3.8) is 0 Å². The summed E-state index contributed by atoms with van der Waals surface area (Å²) in [5.74, 6) is 0.261. The summed E-state index contributed by atoms with van der Waals surface area (Å²) < 4.78 is 0. The van der Waals surface area contributed by atoms with Crippen molar-refractivity contribution in [1.82, 2.24) is 9.80 Å². The van der Waals surface area contributed by atoms with Crippen molar-refractivity contribution in [1.29, 1.82) is 0 Å². The summed E-state index contributed by atoms with van der Waals surface area (Å²) in [5.41, 5.74) is 5.52. The Labute approximate surface area is 98.8 Å². The highest BCUT2D eigenvalue weighted by Crippen LogP contribution is 2.26. The average molecular weight is 227 g/mol. The number of nitrogens with two attached hydrogens (primary N) is 1. The molecule has 1 atom stereocenters. The average Bonchev–Trinajstić information content (AvgIpc) is 3.03. The number of rotatable bonds is 7.